The summed E-state index contributed by atoms with van der Waals surface area (Å²) in [5, 5.41) is 9.52. The first-order valence-corrected chi connectivity index (χ1v) is 6.97. The summed E-state index contributed by atoms with van der Waals surface area (Å²) in [4.78, 5) is 11.6. The van der Waals surface area contributed by atoms with Gasteiger partial charge in [0.1, 0.15) is 5.82 Å². The van der Waals surface area contributed by atoms with Crippen molar-refractivity contribution in [3.8, 4) is 0 Å². The fourth-order valence-electron chi connectivity index (χ4n) is 3.32. The van der Waals surface area contributed by atoms with Crippen LogP contribution in [0.2, 0.25) is 0 Å². The molecule has 0 aliphatic heterocycles. The van der Waals surface area contributed by atoms with Crippen molar-refractivity contribution in [1.82, 2.24) is 0 Å². The molecule has 3 rings (SSSR count). The van der Waals surface area contributed by atoms with Crippen molar-refractivity contribution in [2.45, 2.75) is 25.7 Å². The summed E-state index contributed by atoms with van der Waals surface area (Å²) in [6.07, 6.45) is 3.24. The van der Waals surface area contributed by atoms with Gasteiger partial charge in [0, 0.05) is 4.47 Å². The summed E-state index contributed by atoms with van der Waals surface area (Å²) in [6.45, 7) is 0. The summed E-state index contributed by atoms with van der Waals surface area (Å²) >= 11 is 3.32. The van der Waals surface area contributed by atoms with Gasteiger partial charge in [-0.25, -0.2) is 4.39 Å². The van der Waals surface area contributed by atoms with Crippen LogP contribution in [-0.2, 0) is 11.2 Å². The Morgan fingerprint density at radius 1 is 1.44 bits per heavy atom. The van der Waals surface area contributed by atoms with Gasteiger partial charge in [-0.2, -0.15) is 0 Å². The highest BCUT2D eigenvalue weighted by Crippen LogP contribution is 2.61. The van der Waals surface area contributed by atoms with Crippen molar-refractivity contribution in [2.24, 2.45) is 17.3 Å². The highest BCUT2D eigenvalue weighted by Gasteiger charge is 2.57. The van der Waals surface area contributed by atoms with Crippen molar-refractivity contribution >= 4 is 21.9 Å². The van der Waals surface area contributed by atoms with Gasteiger partial charge in [0.15, 0.2) is 0 Å². The summed E-state index contributed by atoms with van der Waals surface area (Å²) in [6, 6.07) is 4.49. The third-order valence-electron chi connectivity index (χ3n) is 4.37. The molecule has 0 saturated heterocycles. The van der Waals surface area contributed by atoms with Crippen LogP contribution >= 0.6 is 15.9 Å². The minimum absolute atomic E-state index is 0.302. The van der Waals surface area contributed by atoms with Gasteiger partial charge in [0.05, 0.1) is 5.41 Å². The topological polar surface area (TPSA) is 37.3 Å². The molecule has 2 atom stereocenters. The van der Waals surface area contributed by atoms with Crippen LogP contribution in [0.15, 0.2) is 22.7 Å². The van der Waals surface area contributed by atoms with Crippen LogP contribution in [0.3, 0.4) is 0 Å². The Labute approximate surface area is 113 Å². The Balaban J connectivity index is 1.87. The van der Waals surface area contributed by atoms with Crippen molar-refractivity contribution in [3.05, 3.63) is 34.1 Å². The zero-order chi connectivity index (χ0) is 12.9. The molecule has 2 fully saturated rings. The summed E-state index contributed by atoms with van der Waals surface area (Å²) in [5.41, 5.74) is 0.258. The molecule has 4 heteroatoms. The smallest absolute Gasteiger partial charge is 0.309 e. The maximum absolute atomic E-state index is 13.0. The van der Waals surface area contributed by atoms with Crippen molar-refractivity contribution < 1.29 is 14.3 Å². The quantitative estimate of drug-likeness (QED) is 0.925. The van der Waals surface area contributed by atoms with E-state index in [4.69, 9.17) is 0 Å². The largest absolute Gasteiger partial charge is 0.481 e. The molecule has 2 unspecified atom stereocenters. The van der Waals surface area contributed by atoms with Gasteiger partial charge in [-0.15, -0.1) is 0 Å². The van der Waals surface area contributed by atoms with Gasteiger partial charge in [0.2, 0.25) is 0 Å². The lowest BCUT2D eigenvalue weighted by Crippen LogP contribution is -2.32. The maximum Gasteiger partial charge on any atom is 0.309 e. The average molecular weight is 313 g/mol. The van der Waals surface area contributed by atoms with Gasteiger partial charge in [-0.05, 0) is 55.2 Å². The third-order valence-corrected chi connectivity index (χ3v) is 5.11. The number of aliphatic carboxylic acids is 1. The van der Waals surface area contributed by atoms with Gasteiger partial charge >= 0.3 is 5.97 Å². The molecule has 0 aromatic heterocycles. The molecule has 0 spiro atoms. The zero-order valence-electron chi connectivity index (χ0n) is 9.83. The molecule has 0 amide bonds. The number of halogens is 2. The molecule has 1 aromatic carbocycles. The lowest BCUT2D eigenvalue weighted by atomic mass is 9.77. The first kappa shape index (κ1) is 12.2. The van der Waals surface area contributed by atoms with Gasteiger partial charge in [0.25, 0.3) is 0 Å². The monoisotopic (exact) mass is 312 g/mol. The molecular weight excluding hydrogens is 299 g/mol. The fourth-order valence-corrected chi connectivity index (χ4v) is 3.81. The van der Waals surface area contributed by atoms with E-state index in [0.717, 1.165) is 18.4 Å². The van der Waals surface area contributed by atoms with Crippen LogP contribution in [0.1, 0.15) is 24.8 Å². The van der Waals surface area contributed by atoms with Gasteiger partial charge in [-0.3, -0.25) is 4.79 Å². The van der Waals surface area contributed by atoms with E-state index in [1.54, 1.807) is 6.07 Å². The molecule has 2 aliphatic rings. The standard InChI is InChI=1S/C14H14BrFO2/c15-12-4-11(16)2-1-8(12)5-14(13(17)18)6-9-3-10(9)7-14/h1-2,4,9-10H,3,5-7H2,(H,17,18). The van der Waals surface area contributed by atoms with Crippen LogP contribution in [0, 0.1) is 23.1 Å². The average Bonchev–Trinajstić information content (AvgIpc) is 2.91. The van der Waals surface area contributed by atoms with Crippen LogP contribution in [-0.4, -0.2) is 11.1 Å². The van der Waals surface area contributed by atoms with Crippen molar-refractivity contribution in [1.29, 1.82) is 0 Å². The van der Waals surface area contributed by atoms with Crippen molar-refractivity contribution in [3.63, 3.8) is 0 Å². The Hall–Kier alpha value is -0.900. The minimum Gasteiger partial charge on any atom is -0.481 e. The summed E-state index contributed by atoms with van der Waals surface area (Å²) < 4.78 is 13.7. The maximum atomic E-state index is 13.0. The number of benzene rings is 1. The Bertz CT molecular complexity index is 505. The molecular formula is C14H14BrFO2. The van der Waals surface area contributed by atoms with Gasteiger partial charge in [-0.1, -0.05) is 22.0 Å². The lowest BCUT2D eigenvalue weighted by Gasteiger charge is -2.26. The predicted octanol–water partition coefficient (Wildman–Crippen LogP) is 3.63. The van der Waals surface area contributed by atoms with E-state index in [2.05, 4.69) is 15.9 Å². The van der Waals surface area contributed by atoms with Crippen molar-refractivity contribution in [2.75, 3.05) is 0 Å². The molecule has 96 valence electrons. The van der Waals surface area contributed by atoms with Crippen LogP contribution in [0.25, 0.3) is 0 Å². The summed E-state index contributed by atoms with van der Waals surface area (Å²) in [5.74, 6) is 0.218. The number of hydrogen-bond acceptors (Lipinski definition) is 1. The van der Waals surface area contributed by atoms with E-state index < -0.39 is 11.4 Å². The third kappa shape index (κ3) is 1.96. The fraction of sp³-hybridized carbons (Fsp3) is 0.500. The number of fused-ring (bicyclic) bond motifs is 1. The Kier molecular flexibility index (Phi) is 2.73. The Morgan fingerprint density at radius 3 is 2.67 bits per heavy atom. The van der Waals surface area contributed by atoms with E-state index in [9.17, 15) is 14.3 Å². The number of carboxylic acid groups (broad SMARTS) is 1. The van der Waals surface area contributed by atoms with Crippen LogP contribution < -0.4 is 0 Å². The molecule has 1 aromatic rings. The molecule has 0 bridgehead atoms. The van der Waals surface area contributed by atoms with E-state index in [0.29, 0.717) is 22.7 Å². The first-order valence-electron chi connectivity index (χ1n) is 6.17. The molecule has 2 aliphatic carbocycles. The SMILES string of the molecule is O=C(O)C1(Cc2ccc(F)cc2Br)CC2CC2C1. The van der Waals surface area contributed by atoms with E-state index in [1.165, 1.54) is 18.6 Å². The Morgan fingerprint density at radius 2 is 2.11 bits per heavy atom. The second kappa shape index (κ2) is 4.05. The zero-order valence-corrected chi connectivity index (χ0v) is 11.4. The predicted molar refractivity (Wildman–Crippen MR) is 68.7 cm³/mol. The molecule has 0 radical (unpaired) electrons. The van der Waals surface area contributed by atoms with E-state index in [-0.39, 0.29) is 5.82 Å². The minimum atomic E-state index is -0.703. The lowest BCUT2D eigenvalue weighted by molar-refractivity contribution is -0.149. The highest BCUT2D eigenvalue weighted by atomic mass is 79.9. The number of rotatable bonds is 3. The second-order valence-electron chi connectivity index (χ2n) is 5.66. The molecule has 2 nitrogen and oxygen atoms in total. The summed E-state index contributed by atoms with van der Waals surface area (Å²) in [7, 11) is 0. The van der Waals surface area contributed by atoms with Crippen LogP contribution in [0.5, 0.6) is 0 Å². The van der Waals surface area contributed by atoms with Gasteiger partial charge < -0.3 is 5.11 Å². The first-order chi connectivity index (χ1) is 8.50. The highest BCUT2D eigenvalue weighted by molar-refractivity contribution is 9.10. The molecule has 1 N–H and O–H groups in total. The molecule has 2 saturated carbocycles. The number of carbonyl (C=O) groups is 1. The van der Waals surface area contributed by atoms with E-state index in [1.807, 2.05) is 0 Å². The normalized spacial score (nSPS) is 33.2. The molecule has 18 heavy (non-hydrogen) atoms. The number of hydrogen-bond donors (Lipinski definition) is 1. The van der Waals surface area contributed by atoms with E-state index >= 15 is 0 Å². The number of carboxylic acids is 1. The second-order valence-corrected chi connectivity index (χ2v) is 6.52. The van der Waals surface area contributed by atoms with Crippen LogP contribution in [0.4, 0.5) is 4.39 Å². The molecule has 0 heterocycles.